The minimum absolute atomic E-state index is 0.214. The zero-order valence-corrected chi connectivity index (χ0v) is 11.9. The van der Waals surface area contributed by atoms with Crippen LogP contribution in [0.1, 0.15) is 42.8 Å². The average Bonchev–Trinajstić information content (AvgIpc) is 3.05. The molecule has 1 aliphatic heterocycles. The summed E-state index contributed by atoms with van der Waals surface area (Å²) in [5.41, 5.74) is 6.98. The number of aromatic nitrogens is 2. The van der Waals surface area contributed by atoms with Crippen molar-refractivity contribution in [3.05, 3.63) is 41.5 Å². The van der Waals surface area contributed by atoms with Gasteiger partial charge in [-0.2, -0.15) is 4.98 Å². The number of rotatable bonds is 3. The van der Waals surface area contributed by atoms with Gasteiger partial charge >= 0.3 is 0 Å². The molecule has 1 aromatic carbocycles. The largest absolute Gasteiger partial charge is 0.338 e. The molecular weight excluding hydrogens is 258 g/mol. The molecule has 2 unspecified atom stereocenters. The second-order valence-electron chi connectivity index (χ2n) is 5.15. The van der Waals surface area contributed by atoms with Gasteiger partial charge < -0.3 is 10.3 Å². The van der Waals surface area contributed by atoms with E-state index in [2.05, 4.69) is 34.4 Å². The van der Waals surface area contributed by atoms with E-state index in [1.54, 1.807) is 11.8 Å². The van der Waals surface area contributed by atoms with Gasteiger partial charge in [0, 0.05) is 4.90 Å². The van der Waals surface area contributed by atoms with E-state index in [0.717, 1.165) is 12.8 Å². The Morgan fingerprint density at radius 2 is 2.26 bits per heavy atom. The number of hydrogen-bond donors (Lipinski definition) is 1. The van der Waals surface area contributed by atoms with E-state index in [9.17, 15) is 0 Å². The van der Waals surface area contributed by atoms with Crippen molar-refractivity contribution in [1.82, 2.24) is 10.1 Å². The lowest BCUT2D eigenvalue weighted by Gasteiger charge is -2.16. The first-order chi connectivity index (χ1) is 9.10. The molecule has 0 bridgehead atoms. The fourth-order valence-corrected chi connectivity index (χ4v) is 3.30. The normalized spacial score (nSPS) is 21.1. The SMILES string of the molecule is CCC(C)(N)c1noc(C2Cc3ccccc3S2)n1. The van der Waals surface area contributed by atoms with E-state index in [1.807, 2.05) is 13.8 Å². The molecular formula is C14H17N3OS. The van der Waals surface area contributed by atoms with Gasteiger partial charge in [0.15, 0.2) is 5.82 Å². The topological polar surface area (TPSA) is 64.9 Å². The van der Waals surface area contributed by atoms with Crippen LogP contribution in [0.15, 0.2) is 33.7 Å². The lowest BCUT2D eigenvalue weighted by atomic mass is 10.00. The minimum Gasteiger partial charge on any atom is -0.338 e. The molecule has 5 heteroatoms. The van der Waals surface area contributed by atoms with Crippen molar-refractivity contribution < 1.29 is 4.52 Å². The number of fused-ring (bicyclic) bond motifs is 1. The lowest BCUT2D eigenvalue weighted by molar-refractivity contribution is 0.351. The highest BCUT2D eigenvalue weighted by molar-refractivity contribution is 7.99. The third-order valence-electron chi connectivity index (χ3n) is 3.61. The Bertz CT molecular complexity index is 569. The average molecular weight is 275 g/mol. The molecule has 19 heavy (non-hydrogen) atoms. The zero-order valence-electron chi connectivity index (χ0n) is 11.1. The predicted molar refractivity (Wildman–Crippen MR) is 74.9 cm³/mol. The molecule has 0 aliphatic carbocycles. The molecule has 3 rings (SSSR count). The number of benzene rings is 1. The van der Waals surface area contributed by atoms with E-state index >= 15 is 0 Å². The van der Waals surface area contributed by atoms with Crippen LogP contribution in [0.5, 0.6) is 0 Å². The van der Waals surface area contributed by atoms with Crippen molar-refractivity contribution in [2.45, 2.75) is 42.4 Å². The summed E-state index contributed by atoms with van der Waals surface area (Å²) < 4.78 is 5.41. The molecule has 2 heterocycles. The summed E-state index contributed by atoms with van der Waals surface area (Å²) >= 11 is 1.78. The maximum absolute atomic E-state index is 6.14. The molecule has 0 amide bonds. The maximum Gasteiger partial charge on any atom is 0.240 e. The molecule has 0 fully saturated rings. The molecule has 2 aromatic rings. The smallest absolute Gasteiger partial charge is 0.240 e. The quantitative estimate of drug-likeness (QED) is 0.932. The van der Waals surface area contributed by atoms with Crippen LogP contribution in [0.3, 0.4) is 0 Å². The summed E-state index contributed by atoms with van der Waals surface area (Å²) in [5, 5.41) is 4.26. The third kappa shape index (κ3) is 2.28. The van der Waals surface area contributed by atoms with Crippen LogP contribution in [-0.2, 0) is 12.0 Å². The molecule has 0 radical (unpaired) electrons. The first kappa shape index (κ1) is 12.7. The first-order valence-electron chi connectivity index (χ1n) is 6.47. The van der Waals surface area contributed by atoms with Crippen LogP contribution in [0.2, 0.25) is 0 Å². The molecule has 0 spiro atoms. The fourth-order valence-electron chi connectivity index (χ4n) is 2.08. The van der Waals surface area contributed by atoms with E-state index in [4.69, 9.17) is 10.3 Å². The number of hydrogen-bond acceptors (Lipinski definition) is 5. The first-order valence-corrected chi connectivity index (χ1v) is 7.35. The second-order valence-corrected chi connectivity index (χ2v) is 6.39. The Morgan fingerprint density at radius 3 is 3.00 bits per heavy atom. The van der Waals surface area contributed by atoms with Crippen LogP contribution in [0, 0.1) is 0 Å². The van der Waals surface area contributed by atoms with Crippen molar-refractivity contribution in [2.24, 2.45) is 5.73 Å². The van der Waals surface area contributed by atoms with Gasteiger partial charge in [-0.1, -0.05) is 30.3 Å². The van der Waals surface area contributed by atoms with E-state index in [-0.39, 0.29) is 5.25 Å². The number of nitrogens with zero attached hydrogens (tertiary/aromatic N) is 2. The van der Waals surface area contributed by atoms with Crippen molar-refractivity contribution in [1.29, 1.82) is 0 Å². The van der Waals surface area contributed by atoms with Crippen molar-refractivity contribution >= 4 is 11.8 Å². The van der Waals surface area contributed by atoms with Gasteiger partial charge in [-0.15, -0.1) is 11.8 Å². The molecule has 0 saturated carbocycles. The summed E-state index contributed by atoms with van der Waals surface area (Å²) in [7, 11) is 0. The summed E-state index contributed by atoms with van der Waals surface area (Å²) in [6.07, 6.45) is 1.72. The molecule has 1 aliphatic rings. The van der Waals surface area contributed by atoms with Crippen molar-refractivity contribution in [3.63, 3.8) is 0 Å². The second kappa shape index (κ2) is 4.65. The van der Waals surface area contributed by atoms with Crippen molar-refractivity contribution in [3.8, 4) is 0 Å². The molecule has 0 saturated heterocycles. The van der Waals surface area contributed by atoms with Gasteiger partial charge in [0.25, 0.3) is 0 Å². The Morgan fingerprint density at radius 1 is 1.47 bits per heavy atom. The fraction of sp³-hybridized carbons (Fsp3) is 0.429. The Hall–Kier alpha value is -1.33. The highest BCUT2D eigenvalue weighted by Crippen LogP contribution is 2.45. The van der Waals surface area contributed by atoms with E-state index < -0.39 is 5.54 Å². The van der Waals surface area contributed by atoms with Crippen molar-refractivity contribution in [2.75, 3.05) is 0 Å². The van der Waals surface area contributed by atoms with Crippen LogP contribution in [0.25, 0.3) is 0 Å². The Kier molecular flexibility index (Phi) is 3.11. The van der Waals surface area contributed by atoms with Crippen LogP contribution >= 0.6 is 11.8 Å². The number of nitrogens with two attached hydrogens (primary N) is 1. The summed E-state index contributed by atoms with van der Waals surface area (Å²) in [4.78, 5) is 5.80. The third-order valence-corrected chi connectivity index (χ3v) is 4.91. The Labute approximate surface area is 116 Å². The monoisotopic (exact) mass is 275 g/mol. The van der Waals surface area contributed by atoms with Crippen LogP contribution < -0.4 is 5.73 Å². The summed E-state index contributed by atoms with van der Waals surface area (Å²) in [6.45, 7) is 3.95. The minimum atomic E-state index is -0.516. The van der Waals surface area contributed by atoms with Crippen LogP contribution in [0.4, 0.5) is 0 Å². The van der Waals surface area contributed by atoms with E-state index in [1.165, 1.54) is 10.5 Å². The zero-order chi connectivity index (χ0) is 13.5. The maximum atomic E-state index is 6.14. The number of thioether (sulfide) groups is 1. The molecule has 4 nitrogen and oxygen atoms in total. The summed E-state index contributed by atoms with van der Waals surface area (Å²) in [6, 6.07) is 8.41. The standard InChI is InChI=1S/C14H17N3OS/c1-3-14(2,15)13-16-12(18-17-13)11-8-9-6-4-5-7-10(9)19-11/h4-7,11H,3,8,15H2,1-2H3. The molecule has 100 valence electrons. The molecule has 2 N–H and O–H groups in total. The van der Waals surface area contributed by atoms with Gasteiger partial charge in [0.05, 0.1) is 10.8 Å². The highest BCUT2D eigenvalue weighted by atomic mass is 32.2. The highest BCUT2D eigenvalue weighted by Gasteiger charge is 2.31. The molecule has 1 aromatic heterocycles. The van der Waals surface area contributed by atoms with Crippen LogP contribution in [-0.4, -0.2) is 10.1 Å². The van der Waals surface area contributed by atoms with Gasteiger partial charge in [0.2, 0.25) is 5.89 Å². The summed E-state index contributed by atoms with van der Waals surface area (Å²) in [5.74, 6) is 1.28. The molecule has 2 atom stereocenters. The van der Waals surface area contributed by atoms with Gasteiger partial charge in [-0.3, -0.25) is 0 Å². The lowest BCUT2D eigenvalue weighted by Crippen LogP contribution is -2.33. The van der Waals surface area contributed by atoms with Gasteiger partial charge in [0.1, 0.15) is 0 Å². The van der Waals surface area contributed by atoms with Gasteiger partial charge in [-0.25, -0.2) is 0 Å². The van der Waals surface area contributed by atoms with Gasteiger partial charge in [-0.05, 0) is 31.4 Å². The predicted octanol–water partition coefficient (Wildman–Crippen LogP) is 3.04. The van der Waals surface area contributed by atoms with E-state index in [0.29, 0.717) is 11.7 Å². The Balaban J connectivity index is 1.83.